The van der Waals surface area contributed by atoms with Crippen LogP contribution in [0.4, 0.5) is 11.4 Å². The predicted molar refractivity (Wildman–Crippen MR) is 139 cm³/mol. The molecule has 1 heterocycles. The Labute approximate surface area is 211 Å². The molecule has 0 aliphatic carbocycles. The van der Waals surface area contributed by atoms with Crippen LogP contribution in [0.2, 0.25) is 0 Å². The van der Waals surface area contributed by atoms with Gasteiger partial charge in [-0.05, 0) is 67.8 Å². The summed E-state index contributed by atoms with van der Waals surface area (Å²) < 4.78 is 31.4. The normalized spacial score (nSPS) is 15.4. The summed E-state index contributed by atoms with van der Waals surface area (Å²) in [4.78, 5) is 27.5. The molecule has 3 aromatic carbocycles. The third kappa shape index (κ3) is 5.42. The molecule has 188 valence electrons. The van der Waals surface area contributed by atoms with E-state index in [1.54, 1.807) is 30.0 Å². The first-order chi connectivity index (χ1) is 17.2. The van der Waals surface area contributed by atoms with E-state index in [1.807, 2.05) is 18.2 Å². The summed E-state index contributed by atoms with van der Waals surface area (Å²) in [6.45, 7) is 2.25. The van der Waals surface area contributed by atoms with Crippen molar-refractivity contribution in [2.75, 3.05) is 30.9 Å². The van der Waals surface area contributed by atoms with Gasteiger partial charge in [0.25, 0.3) is 11.8 Å². The molecule has 0 fully saturated rings. The van der Waals surface area contributed by atoms with E-state index in [2.05, 4.69) is 17.4 Å². The fraction of sp³-hybridized carbons (Fsp3) is 0.259. The van der Waals surface area contributed by atoms with Crippen LogP contribution in [0.25, 0.3) is 0 Å². The van der Waals surface area contributed by atoms with Gasteiger partial charge in [0.2, 0.25) is 10.0 Å². The fourth-order valence-corrected chi connectivity index (χ4v) is 4.90. The maximum absolute atomic E-state index is 12.9. The first-order valence-electron chi connectivity index (χ1n) is 11.7. The van der Waals surface area contributed by atoms with Crippen LogP contribution in [0.1, 0.15) is 29.3 Å². The molecule has 36 heavy (non-hydrogen) atoms. The van der Waals surface area contributed by atoms with Gasteiger partial charge in [-0.15, -0.1) is 0 Å². The zero-order valence-electron chi connectivity index (χ0n) is 20.5. The van der Waals surface area contributed by atoms with Crippen molar-refractivity contribution in [3.8, 4) is 5.75 Å². The van der Waals surface area contributed by atoms with Crippen LogP contribution in [-0.2, 0) is 21.2 Å². The lowest BCUT2D eigenvalue weighted by molar-refractivity contribution is -0.125. The first kappa shape index (κ1) is 25.4. The molecule has 8 nitrogen and oxygen atoms in total. The number of hydrogen-bond donors (Lipinski definition) is 1. The highest BCUT2D eigenvalue weighted by molar-refractivity contribution is 7.89. The second-order valence-electron chi connectivity index (χ2n) is 8.79. The Kier molecular flexibility index (Phi) is 7.42. The van der Waals surface area contributed by atoms with Crippen molar-refractivity contribution < 1.29 is 22.7 Å². The molecule has 0 bridgehead atoms. The molecule has 1 unspecified atom stereocenters. The summed E-state index contributed by atoms with van der Waals surface area (Å²) >= 11 is 0. The number of benzene rings is 3. The number of ether oxygens (including phenoxy) is 1. The van der Waals surface area contributed by atoms with Crippen molar-refractivity contribution in [3.05, 3.63) is 83.9 Å². The summed E-state index contributed by atoms with van der Waals surface area (Å²) in [7, 11) is -0.679. The zero-order valence-corrected chi connectivity index (χ0v) is 21.3. The number of aryl methyl sites for hydroxylation is 1. The summed E-state index contributed by atoms with van der Waals surface area (Å²) in [6.07, 6.45) is 1.03. The van der Waals surface area contributed by atoms with Gasteiger partial charge in [0.1, 0.15) is 5.75 Å². The largest absolute Gasteiger partial charge is 0.479 e. The molecule has 3 aromatic rings. The highest BCUT2D eigenvalue weighted by atomic mass is 32.2. The Bertz CT molecular complexity index is 1360. The molecule has 0 radical (unpaired) electrons. The monoisotopic (exact) mass is 507 g/mol. The Morgan fingerprint density at radius 3 is 2.39 bits per heavy atom. The van der Waals surface area contributed by atoms with Gasteiger partial charge in [-0.2, -0.15) is 0 Å². The van der Waals surface area contributed by atoms with Gasteiger partial charge in [-0.3, -0.25) is 9.59 Å². The number of sulfonamides is 1. The number of fused-ring (bicyclic) bond motifs is 1. The molecule has 1 aliphatic rings. The van der Waals surface area contributed by atoms with Crippen LogP contribution in [0.3, 0.4) is 0 Å². The zero-order chi connectivity index (χ0) is 25.9. The molecule has 0 saturated heterocycles. The summed E-state index contributed by atoms with van der Waals surface area (Å²) in [6, 6.07) is 21.0. The first-order valence-corrected chi connectivity index (χ1v) is 13.1. The number of hydrogen-bond acceptors (Lipinski definition) is 5. The average Bonchev–Trinajstić information content (AvgIpc) is 2.87. The summed E-state index contributed by atoms with van der Waals surface area (Å²) in [5.41, 5.74) is 2.63. The van der Waals surface area contributed by atoms with Crippen molar-refractivity contribution in [1.82, 2.24) is 4.31 Å². The molecule has 4 rings (SSSR count). The maximum Gasteiger partial charge on any atom is 0.267 e. The van der Waals surface area contributed by atoms with Crippen LogP contribution in [0.15, 0.2) is 77.7 Å². The third-order valence-electron chi connectivity index (χ3n) is 6.01. The molecular formula is C27H29N3O5S. The molecule has 0 aromatic heterocycles. The number of anilines is 2. The number of amides is 2. The molecule has 9 heteroatoms. The molecule has 1 N–H and O–H groups in total. The van der Waals surface area contributed by atoms with Crippen molar-refractivity contribution in [1.29, 1.82) is 0 Å². The Morgan fingerprint density at radius 1 is 1.03 bits per heavy atom. The smallest absolute Gasteiger partial charge is 0.267 e. The van der Waals surface area contributed by atoms with E-state index >= 15 is 0 Å². The van der Waals surface area contributed by atoms with Gasteiger partial charge in [0.05, 0.1) is 10.6 Å². The van der Waals surface area contributed by atoms with Gasteiger partial charge in [-0.1, -0.05) is 30.3 Å². The lowest BCUT2D eigenvalue weighted by atomic mass is 10.1. The highest BCUT2D eigenvalue weighted by Gasteiger charge is 2.31. The highest BCUT2D eigenvalue weighted by Crippen LogP contribution is 2.36. The molecule has 1 aliphatic heterocycles. The minimum atomic E-state index is -3.58. The van der Waals surface area contributed by atoms with Gasteiger partial charge in [0.15, 0.2) is 6.10 Å². The second kappa shape index (κ2) is 10.5. The summed E-state index contributed by atoms with van der Waals surface area (Å²) in [5, 5.41) is 2.83. The standard InChI is InChI=1S/C27H29N3O5S/c1-19-27(32)30(17-7-10-20-8-5-4-6-9-20)24-18-22(13-16-25(24)35-19)28-26(31)21-11-14-23(15-12-21)36(33,34)29(2)3/h4-6,8-9,11-16,18-19H,7,10,17H2,1-3H3,(H,28,31). The molecule has 0 spiro atoms. The van der Waals surface area contributed by atoms with Crippen LogP contribution in [0, 0.1) is 0 Å². The van der Waals surface area contributed by atoms with E-state index in [0.29, 0.717) is 29.2 Å². The third-order valence-corrected chi connectivity index (χ3v) is 7.84. The number of carbonyl (C=O) groups is 2. The number of carbonyl (C=O) groups excluding carboxylic acids is 2. The van der Waals surface area contributed by atoms with Gasteiger partial charge in [-0.25, -0.2) is 12.7 Å². The Balaban J connectivity index is 1.49. The molecular weight excluding hydrogens is 478 g/mol. The number of nitrogens with zero attached hydrogens (tertiary/aromatic N) is 2. The van der Waals surface area contributed by atoms with Crippen molar-refractivity contribution in [3.63, 3.8) is 0 Å². The molecule has 2 amide bonds. The maximum atomic E-state index is 12.9. The van der Waals surface area contributed by atoms with Crippen LogP contribution < -0.4 is 15.0 Å². The van der Waals surface area contributed by atoms with E-state index in [1.165, 1.54) is 43.9 Å². The minimum absolute atomic E-state index is 0.105. The quantitative estimate of drug-likeness (QED) is 0.498. The van der Waals surface area contributed by atoms with Crippen molar-refractivity contribution in [2.45, 2.75) is 30.8 Å². The second-order valence-corrected chi connectivity index (χ2v) is 10.9. The van der Waals surface area contributed by atoms with Crippen molar-refractivity contribution in [2.24, 2.45) is 0 Å². The van der Waals surface area contributed by atoms with Gasteiger partial charge < -0.3 is 15.0 Å². The molecule has 1 atom stereocenters. The van der Waals surface area contributed by atoms with E-state index in [9.17, 15) is 18.0 Å². The van der Waals surface area contributed by atoms with E-state index in [0.717, 1.165) is 17.1 Å². The predicted octanol–water partition coefficient (Wildman–Crippen LogP) is 3.94. The SMILES string of the molecule is CC1Oc2ccc(NC(=O)c3ccc(S(=O)(=O)N(C)C)cc3)cc2N(CCCc2ccccc2)C1=O. The van der Waals surface area contributed by atoms with E-state index < -0.39 is 22.0 Å². The van der Waals surface area contributed by atoms with Crippen molar-refractivity contribution >= 4 is 33.2 Å². The Hall–Kier alpha value is -3.69. The van der Waals surface area contributed by atoms with E-state index in [4.69, 9.17) is 4.74 Å². The Morgan fingerprint density at radius 2 is 1.72 bits per heavy atom. The topological polar surface area (TPSA) is 96.0 Å². The number of nitrogens with one attached hydrogen (secondary N) is 1. The van der Waals surface area contributed by atoms with Gasteiger partial charge in [0, 0.05) is 31.9 Å². The van der Waals surface area contributed by atoms with Gasteiger partial charge >= 0.3 is 0 Å². The summed E-state index contributed by atoms with van der Waals surface area (Å²) in [5.74, 6) is 0.0607. The number of rotatable bonds is 8. The van der Waals surface area contributed by atoms with Crippen LogP contribution >= 0.6 is 0 Å². The lowest BCUT2D eigenvalue weighted by Crippen LogP contribution is -2.45. The van der Waals surface area contributed by atoms with Crippen LogP contribution in [-0.4, -0.2) is 51.3 Å². The minimum Gasteiger partial charge on any atom is -0.479 e. The molecule has 0 saturated carbocycles. The lowest BCUT2D eigenvalue weighted by Gasteiger charge is -2.33. The fourth-order valence-electron chi connectivity index (χ4n) is 3.99. The van der Waals surface area contributed by atoms with Crippen LogP contribution in [0.5, 0.6) is 5.75 Å². The van der Waals surface area contributed by atoms with E-state index in [-0.39, 0.29) is 10.8 Å². The average molecular weight is 508 g/mol.